The summed E-state index contributed by atoms with van der Waals surface area (Å²) in [4.78, 5) is 11.6. The van der Waals surface area contributed by atoms with Gasteiger partial charge in [0.05, 0.1) is 11.4 Å². The first kappa shape index (κ1) is 19.9. The summed E-state index contributed by atoms with van der Waals surface area (Å²) in [6, 6.07) is 19.7. The van der Waals surface area contributed by atoms with Crippen molar-refractivity contribution in [2.45, 2.75) is 11.8 Å². The summed E-state index contributed by atoms with van der Waals surface area (Å²) in [7, 11) is 1.47. The third-order valence-corrected chi connectivity index (χ3v) is 4.69. The van der Waals surface area contributed by atoms with Gasteiger partial charge in [-0.25, -0.2) is 4.39 Å². The van der Waals surface area contributed by atoms with Crippen molar-refractivity contribution in [1.29, 1.82) is 0 Å². The Bertz CT molecular complexity index is 853. The van der Waals surface area contributed by atoms with Gasteiger partial charge in [0.2, 0.25) is 6.41 Å². The molecule has 0 aliphatic heterocycles. The van der Waals surface area contributed by atoms with E-state index in [1.165, 1.54) is 33.4 Å². The molecule has 3 N–H and O–H groups in total. The fourth-order valence-corrected chi connectivity index (χ4v) is 2.79. The summed E-state index contributed by atoms with van der Waals surface area (Å²) in [5, 5.41) is 2.52. The van der Waals surface area contributed by atoms with Crippen LogP contribution in [0.4, 0.5) is 15.8 Å². The fraction of sp³-hybridized carbons (Fsp3) is 0.0500. The average molecular weight is 387 g/mol. The molecule has 0 radical (unpaired) electrons. The Morgan fingerprint density at radius 1 is 1.00 bits per heavy atom. The van der Waals surface area contributed by atoms with E-state index in [1.54, 1.807) is 24.3 Å². The van der Waals surface area contributed by atoms with Crippen LogP contribution in [-0.4, -0.2) is 6.41 Å². The summed E-state index contributed by atoms with van der Waals surface area (Å²) < 4.78 is 12.8. The van der Waals surface area contributed by atoms with Crippen molar-refractivity contribution >= 4 is 40.2 Å². The van der Waals surface area contributed by atoms with Gasteiger partial charge in [-0.3, -0.25) is 4.79 Å². The molecule has 0 aliphatic carbocycles. The Morgan fingerprint density at radius 3 is 2.19 bits per heavy atom. The van der Waals surface area contributed by atoms with Crippen molar-refractivity contribution in [2.24, 2.45) is 0 Å². The maximum absolute atomic E-state index is 12.8. The molecule has 0 saturated carbocycles. The van der Waals surface area contributed by atoms with Crippen LogP contribution in [0.15, 0.2) is 71.6 Å². The number of halogens is 1. The number of rotatable bonds is 4. The Kier molecular flexibility index (Phi) is 7.56. The van der Waals surface area contributed by atoms with E-state index in [-0.39, 0.29) is 5.82 Å². The van der Waals surface area contributed by atoms with Gasteiger partial charge >= 0.3 is 0 Å². The third kappa shape index (κ3) is 5.82. The maximum Gasteiger partial charge on any atom is 0.211 e. The van der Waals surface area contributed by atoms with Gasteiger partial charge in [0.25, 0.3) is 0 Å². The summed E-state index contributed by atoms with van der Waals surface area (Å²) >= 11 is 4.06. The van der Waals surface area contributed by atoms with Crippen LogP contribution >= 0.6 is 22.5 Å². The van der Waals surface area contributed by atoms with Gasteiger partial charge in [-0.1, -0.05) is 46.7 Å². The predicted molar refractivity (Wildman–Crippen MR) is 112 cm³/mol. The second-order valence-electron chi connectivity index (χ2n) is 5.48. The molecule has 0 unspecified atom stereocenters. The van der Waals surface area contributed by atoms with Gasteiger partial charge in [0.15, 0.2) is 0 Å². The van der Waals surface area contributed by atoms with E-state index in [2.05, 4.69) is 48.2 Å². The number of hydrogen-bond acceptors (Lipinski definition) is 4. The Morgan fingerprint density at radius 2 is 1.62 bits per heavy atom. The van der Waals surface area contributed by atoms with Crippen molar-refractivity contribution in [3.8, 4) is 11.1 Å². The molecule has 0 saturated heterocycles. The highest BCUT2D eigenvalue weighted by atomic mass is 33.1. The standard InChI is InChI=1S/C13H11FN2O.C7H8S2/c14-11-4-1-9(2-5-11)10-3-6-12(15)13(7-10)16-8-17;1-6-2-4-7(9-8)5-3-6/h1-8H,15H2,(H,16,17);2-5,8H,1H3. The minimum atomic E-state index is -0.282. The number of carbonyl (C=O) groups excluding carboxylic acids is 1. The van der Waals surface area contributed by atoms with Crippen LogP contribution in [0.2, 0.25) is 0 Å². The highest BCUT2D eigenvalue weighted by Crippen LogP contribution is 2.27. The first-order chi connectivity index (χ1) is 12.5. The van der Waals surface area contributed by atoms with Gasteiger partial charge in [0, 0.05) is 4.90 Å². The van der Waals surface area contributed by atoms with Gasteiger partial charge < -0.3 is 11.1 Å². The number of amides is 1. The molecular formula is C20H19FN2OS2. The predicted octanol–water partition coefficient (Wildman–Crippen LogP) is 5.58. The van der Waals surface area contributed by atoms with Crippen LogP contribution in [-0.2, 0) is 4.79 Å². The molecule has 0 spiro atoms. The SMILES string of the molecule is Cc1ccc(SS)cc1.Nc1ccc(-c2ccc(F)cc2)cc1NC=O. The first-order valence-corrected chi connectivity index (χ1v) is 9.64. The number of nitrogens with one attached hydrogen (secondary N) is 1. The number of aryl methyl sites for hydroxylation is 1. The number of nitrogens with two attached hydrogens (primary N) is 1. The zero-order valence-corrected chi connectivity index (χ0v) is 15.9. The van der Waals surface area contributed by atoms with E-state index in [0.717, 1.165) is 11.1 Å². The minimum absolute atomic E-state index is 0.282. The van der Waals surface area contributed by atoms with E-state index in [4.69, 9.17) is 5.73 Å². The van der Waals surface area contributed by atoms with Crippen molar-refractivity contribution in [3.63, 3.8) is 0 Å². The topological polar surface area (TPSA) is 55.1 Å². The minimum Gasteiger partial charge on any atom is -0.397 e. The van der Waals surface area contributed by atoms with Gasteiger partial charge in [-0.2, -0.15) is 0 Å². The van der Waals surface area contributed by atoms with Crippen LogP contribution < -0.4 is 11.1 Å². The van der Waals surface area contributed by atoms with Crippen molar-refractivity contribution in [2.75, 3.05) is 11.1 Å². The lowest BCUT2D eigenvalue weighted by molar-refractivity contribution is -0.105. The van der Waals surface area contributed by atoms with Crippen LogP contribution in [0.25, 0.3) is 11.1 Å². The highest BCUT2D eigenvalue weighted by Gasteiger charge is 2.02. The number of benzene rings is 3. The molecular weight excluding hydrogens is 367 g/mol. The Hall–Kier alpha value is -2.44. The number of nitrogen functional groups attached to an aromatic ring is 1. The molecule has 3 aromatic carbocycles. The molecule has 0 aromatic heterocycles. The summed E-state index contributed by atoms with van der Waals surface area (Å²) in [5.74, 6) is -0.282. The Labute approximate surface area is 161 Å². The van der Waals surface area contributed by atoms with E-state index in [0.29, 0.717) is 17.8 Å². The molecule has 0 atom stereocenters. The number of thiol groups is 1. The van der Waals surface area contributed by atoms with E-state index < -0.39 is 0 Å². The maximum atomic E-state index is 12.8. The normalized spacial score (nSPS) is 9.81. The van der Waals surface area contributed by atoms with E-state index >= 15 is 0 Å². The second-order valence-corrected chi connectivity index (χ2v) is 6.68. The monoisotopic (exact) mass is 386 g/mol. The molecule has 0 heterocycles. The summed E-state index contributed by atoms with van der Waals surface area (Å²) in [5.41, 5.74) is 9.75. The number of anilines is 2. The highest BCUT2D eigenvalue weighted by molar-refractivity contribution is 8.68. The lowest BCUT2D eigenvalue weighted by Gasteiger charge is -2.07. The fourth-order valence-electron chi connectivity index (χ4n) is 2.17. The molecule has 1 amide bonds. The second kappa shape index (κ2) is 9.89. The van der Waals surface area contributed by atoms with Crippen LogP contribution in [0, 0.1) is 12.7 Å². The largest absolute Gasteiger partial charge is 0.397 e. The molecule has 6 heteroatoms. The van der Waals surface area contributed by atoms with Crippen LogP contribution in [0.5, 0.6) is 0 Å². The van der Waals surface area contributed by atoms with Crippen LogP contribution in [0.1, 0.15) is 5.56 Å². The van der Waals surface area contributed by atoms with Crippen molar-refractivity contribution in [3.05, 3.63) is 78.1 Å². The molecule has 3 rings (SSSR count). The summed E-state index contributed by atoms with van der Waals surface area (Å²) in [6.45, 7) is 2.08. The van der Waals surface area contributed by atoms with Crippen molar-refractivity contribution in [1.82, 2.24) is 0 Å². The van der Waals surface area contributed by atoms with Crippen molar-refractivity contribution < 1.29 is 9.18 Å². The van der Waals surface area contributed by atoms with Crippen LogP contribution in [0.3, 0.4) is 0 Å². The van der Waals surface area contributed by atoms with Gasteiger partial charge in [0.1, 0.15) is 5.82 Å². The van der Waals surface area contributed by atoms with Gasteiger partial charge in [-0.05, 0) is 54.4 Å². The third-order valence-electron chi connectivity index (χ3n) is 3.57. The van der Waals surface area contributed by atoms with E-state index in [9.17, 15) is 9.18 Å². The molecule has 0 bridgehead atoms. The Balaban J connectivity index is 0.000000228. The molecule has 3 nitrogen and oxygen atoms in total. The molecule has 26 heavy (non-hydrogen) atoms. The number of carbonyl (C=O) groups is 1. The number of hydrogen-bond donors (Lipinski definition) is 3. The summed E-state index contributed by atoms with van der Waals surface area (Å²) in [6.07, 6.45) is 0.570. The quantitative estimate of drug-likeness (QED) is 0.238. The zero-order chi connectivity index (χ0) is 18.9. The first-order valence-electron chi connectivity index (χ1n) is 7.77. The smallest absolute Gasteiger partial charge is 0.211 e. The molecule has 0 aliphatic rings. The average Bonchev–Trinajstić information content (AvgIpc) is 2.66. The van der Waals surface area contributed by atoms with Gasteiger partial charge in [-0.15, -0.1) is 11.7 Å². The molecule has 3 aromatic rings. The lowest BCUT2D eigenvalue weighted by atomic mass is 10.0. The zero-order valence-electron chi connectivity index (χ0n) is 14.1. The molecule has 0 fully saturated rings. The van der Waals surface area contributed by atoms with E-state index in [1.807, 2.05) is 6.07 Å². The molecule has 134 valence electrons. The lowest BCUT2D eigenvalue weighted by Crippen LogP contribution is -1.99.